The molecule has 0 aliphatic heterocycles. The normalized spacial score (nSPS) is 12.2. The van der Waals surface area contributed by atoms with Crippen molar-refractivity contribution in [2.75, 3.05) is 5.32 Å². The number of anilines is 1. The van der Waals surface area contributed by atoms with Gasteiger partial charge in [-0.05, 0) is 29.1 Å². The van der Waals surface area contributed by atoms with Crippen molar-refractivity contribution in [3.63, 3.8) is 0 Å². The molecule has 2 heterocycles. The van der Waals surface area contributed by atoms with Crippen molar-refractivity contribution in [1.29, 1.82) is 0 Å². The Kier molecular flexibility index (Phi) is 4.96. The summed E-state index contributed by atoms with van der Waals surface area (Å²) in [5.41, 5.74) is -2.46. The number of benzene rings is 1. The summed E-state index contributed by atoms with van der Waals surface area (Å²) < 4.78 is 78.7. The number of hydrogen-bond donors (Lipinski definition) is 1. The summed E-state index contributed by atoms with van der Waals surface area (Å²) in [6.07, 6.45) is -8.45. The molecule has 3 rings (SSSR count). The van der Waals surface area contributed by atoms with Crippen molar-refractivity contribution in [3.05, 3.63) is 58.7 Å². The van der Waals surface area contributed by atoms with Crippen molar-refractivity contribution in [2.45, 2.75) is 12.4 Å². The van der Waals surface area contributed by atoms with Crippen LogP contribution in [0.2, 0.25) is 0 Å². The first-order valence-electron chi connectivity index (χ1n) is 7.64. The van der Waals surface area contributed by atoms with Gasteiger partial charge < -0.3 is 5.32 Å². The molecule has 0 saturated heterocycles. The van der Waals surface area contributed by atoms with Crippen LogP contribution >= 0.6 is 11.3 Å². The first-order valence-corrected chi connectivity index (χ1v) is 8.52. The molecule has 148 valence electrons. The zero-order valence-electron chi connectivity index (χ0n) is 14.0. The van der Waals surface area contributed by atoms with Crippen LogP contribution in [-0.4, -0.2) is 15.7 Å². The van der Waals surface area contributed by atoms with E-state index in [4.69, 9.17) is 0 Å². The highest BCUT2D eigenvalue weighted by molar-refractivity contribution is 7.15. The monoisotopic (exact) mass is 419 g/mol. The zero-order chi connectivity index (χ0) is 20.7. The maximum atomic E-state index is 13.0. The lowest BCUT2D eigenvalue weighted by molar-refractivity contribution is -0.141. The maximum Gasteiger partial charge on any atom is 0.435 e. The highest BCUT2D eigenvalue weighted by Crippen LogP contribution is 2.38. The number of aryl methyl sites for hydroxylation is 1. The summed E-state index contributed by atoms with van der Waals surface area (Å²) in [6.45, 7) is 0. The van der Waals surface area contributed by atoms with E-state index in [9.17, 15) is 31.1 Å². The van der Waals surface area contributed by atoms with Crippen LogP contribution in [0.1, 0.15) is 21.6 Å². The molecular formula is C17H11F6N3OS. The van der Waals surface area contributed by atoms with Gasteiger partial charge in [-0.1, -0.05) is 12.1 Å². The van der Waals surface area contributed by atoms with E-state index < -0.39 is 35.1 Å². The molecule has 0 radical (unpaired) electrons. The Hall–Kier alpha value is -2.82. The number of amides is 1. The van der Waals surface area contributed by atoms with E-state index in [-0.39, 0.29) is 16.1 Å². The van der Waals surface area contributed by atoms with Gasteiger partial charge in [-0.15, -0.1) is 11.3 Å². The van der Waals surface area contributed by atoms with Gasteiger partial charge >= 0.3 is 12.4 Å². The zero-order valence-corrected chi connectivity index (χ0v) is 14.8. The number of nitrogens with one attached hydrogen (secondary N) is 1. The number of alkyl halides is 6. The molecule has 0 atom stereocenters. The van der Waals surface area contributed by atoms with Gasteiger partial charge in [0.15, 0.2) is 5.69 Å². The first-order chi connectivity index (χ1) is 13.0. The second kappa shape index (κ2) is 6.97. The van der Waals surface area contributed by atoms with Gasteiger partial charge in [0.25, 0.3) is 5.91 Å². The van der Waals surface area contributed by atoms with Crippen LogP contribution in [0.25, 0.3) is 11.1 Å². The van der Waals surface area contributed by atoms with Crippen LogP contribution in [0, 0.1) is 0 Å². The fraction of sp³-hybridized carbons (Fsp3) is 0.176. The lowest BCUT2D eigenvalue weighted by Crippen LogP contribution is -2.17. The van der Waals surface area contributed by atoms with Gasteiger partial charge in [0.05, 0.1) is 11.1 Å². The lowest BCUT2D eigenvalue weighted by atomic mass is 10.0. The lowest BCUT2D eigenvalue weighted by Gasteiger charge is -2.10. The van der Waals surface area contributed by atoms with Crippen LogP contribution in [0.3, 0.4) is 0 Å². The first kappa shape index (κ1) is 19.9. The van der Waals surface area contributed by atoms with Crippen LogP contribution < -0.4 is 5.32 Å². The molecule has 1 aromatic carbocycles. The molecule has 11 heteroatoms. The summed E-state index contributed by atoms with van der Waals surface area (Å²) in [6, 6.07) is 5.91. The van der Waals surface area contributed by atoms with Crippen LogP contribution in [0.4, 0.5) is 31.3 Å². The molecular weight excluding hydrogens is 408 g/mol. The maximum absolute atomic E-state index is 13.0. The standard InChI is InChI=1S/C17H11F6N3OS/c1-26-8-12(13(25-26)17(21,22)23)14(27)24-15-11(5-6-28-15)9-3-2-4-10(7-9)16(18,19)20/h2-8H,1H3,(H,24,27). The van der Waals surface area contributed by atoms with Crippen LogP contribution in [0.15, 0.2) is 41.9 Å². The minimum absolute atomic E-state index is 0.126. The Labute approximate surface area is 158 Å². The summed E-state index contributed by atoms with van der Waals surface area (Å²) in [5.74, 6) is -1.06. The third-order valence-electron chi connectivity index (χ3n) is 3.74. The molecule has 0 aliphatic rings. The van der Waals surface area contributed by atoms with Gasteiger partial charge in [-0.3, -0.25) is 9.48 Å². The van der Waals surface area contributed by atoms with Gasteiger partial charge in [-0.25, -0.2) is 0 Å². The minimum atomic E-state index is -4.83. The SMILES string of the molecule is Cn1cc(C(=O)Nc2sccc2-c2cccc(C(F)(F)F)c2)c(C(F)(F)F)n1. The van der Waals surface area contributed by atoms with E-state index in [1.807, 2.05) is 0 Å². The fourth-order valence-corrected chi connectivity index (χ4v) is 3.34. The number of nitrogens with zero attached hydrogens (tertiary/aromatic N) is 2. The molecule has 0 unspecified atom stereocenters. The highest BCUT2D eigenvalue weighted by Gasteiger charge is 2.39. The van der Waals surface area contributed by atoms with E-state index in [0.29, 0.717) is 0 Å². The number of halogens is 6. The Morgan fingerprint density at radius 2 is 1.82 bits per heavy atom. The Balaban J connectivity index is 1.93. The molecule has 1 amide bonds. The summed E-state index contributed by atoms with van der Waals surface area (Å²) in [4.78, 5) is 12.4. The molecule has 4 nitrogen and oxygen atoms in total. The van der Waals surface area contributed by atoms with E-state index in [1.54, 1.807) is 0 Å². The molecule has 0 spiro atoms. The largest absolute Gasteiger partial charge is 0.435 e. The number of hydrogen-bond acceptors (Lipinski definition) is 3. The molecule has 0 bridgehead atoms. The van der Waals surface area contributed by atoms with E-state index in [0.717, 1.165) is 34.3 Å². The summed E-state index contributed by atoms with van der Waals surface area (Å²) in [5, 5.41) is 7.23. The van der Waals surface area contributed by atoms with Gasteiger partial charge in [0.2, 0.25) is 0 Å². The third kappa shape index (κ3) is 4.03. The van der Waals surface area contributed by atoms with E-state index in [1.165, 1.54) is 30.6 Å². The van der Waals surface area contributed by atoms with Gasteiger partial charge in [-0.2, -0.15) is 31.4 Å². The van der Waals surface area contributed by atoms with Crippen LogP contribution in [0.5, 0.6) is 0 Å². The predicted molar refractivity (Wildman–Crippen MR) is 90.9 cm³/mol. The van der Waals surface area contributed by atoms with Crippen molar-refractivity contribution >= 4 is 22.2 Å². The number of carbonyl (C=O) groups is 1. The third-order valence-corrected chi connectivity index (χ3v) is 4.56. The topological polar surface area (TPSA) is 46.9 Å². The van der Waals surface area contributed by atoms with Gasteiger partial charge in [0.1, 0.15) is 5.00 Å². The molecule has 2 aromatic heterocycles. The Morgan fingerprint density at radius 3 is 2.46 bits per heavy atom. The molecule has 0 aliphatic carbocycles. The Bertz CT molecular complexity index is 1020. The quantitative estimate of drug-likeness (QED) is 0.575. The molecule has 28 heavy (non-hydrogen) atoms. The smallest absolute Gasteiger partial charge is 0.313 e. The minimum Gasteiger partial charge on any atom is -0.313 e. The fourth-order valence-electron chi connectivity index (χ4n) is 2.53. The number of aromatic nitrogens is 2. The number of thiophene rings is 1. The second-order valence-corrected chi connectivity index (χ2v) is 6.68. The summed E-state index contributed by atoms with van der Waals surface area (Å²) in [7, 11) is 1.24. The van der Waals surface area contributed by atoms with Crippen molar-refractivity contribution in [2.24, 2.45) is 7.05 Å². The molecule has 1 N–H and O–H groups in total. The Morgan fingerprint density at radius 1 is 1.11 bits per heavy atom. The molecule has 3 aromatic rings. The van der Waals surface area contributed by atoms with E-state index >= 15 is 0 Å². The summed E-state index contributed by atoms with van der Waals surface area (Å²) >= 11 is 0.979. The predicted octanol–water partition coefficient (Wildman–Crippen LogP) is 5.44. The van der Waals surface area contributed by atoms with Gasteiger partial charge in [0, 0.05) is 18.8 Å². The number of rotatable bonds is 3. The van der Waals surface area contributed by atoms with Crippen LogP contribution in [-0.2, 0) is 19.4 Å². The molecule has 0 fully saturated rings. The average molecular weight is 419 g/mol. The van der Waals surface area contributed by atoms with Crippen molar-refractivity contribution < 1.29 is 31.1 Å². The van der Waals surface area contributed by atoms with Crippen molar-refractivity contribution in [3.8, 4) is 11.1 Å². The second-order valence-electron chi connectivity index (χ2n) is 5.76. The highest BCUT2D eigenvalue weighted by atomic mass is 32.1. The van der Waals surface area contributed by atoms with E-state index in [2.05, 4.69) is 10.4 Å². The molecule has 0 saturated carbocycles. The van der Waals surface area contributed by atoms with Crippen molar-refractivity contribution in [1.82, 2.24) is 9.78 Å². The average Bonchev–Trinajstić information content (AvgIpc) is 3.20. The number of carbonyl (C=O) groups excluding carboxylic acids is 1.